The van der Waals surface area contributed by atoms with Crippen molar-refractivity contribution in [2.45, 2.75) is 37.6 Å². The Morgan fingerprint density at radius 2 is 1.94 bits per heavy atom. The topological polar surface area (TPSA) is 103 Å². The fraction of sp³-hybridized carbons (Fsp3) is 0.348. The summed E-state index contributed by atoms with van der Waals surface area (Å²) in [7, 11) is 1.10. The predicted molar refractivity (Wildman–Crippen MR) is 113 cm³/mol. The van der Waals surface area contributed by atoms with Crippen molar-refractivity contribution in [3.05, 3.63) is 65.4 Å². The number of hydrogen-bond acceptors (Lipinski definition) is 5. The highest BCUT2D eigenvalue weighted by Crippen LogP contribution is 2.59. The van der Waals surface area contributed by atoms with E-state index in [9.17, 15) is 26.7 Å². The number of primary amides is 1. The van der Waals surface area contributed by atoms with Crippen molar-refractivity contribution >= 4 is 5.91 Å². The van der Waals surface area contributed by atoms with E-state index in [1.54, 1.807) is 6.07 Å². The first-order valence-corrected chi connectivity index (χ1v) is 10.5. The van der Waals surface area contributed by atoms with Crippen molar-refractivity contribution in [2.24, 2.45) is 11.7 Å². The second kappa shape index (κ2) is 8.59. The van der Waals surface area contributed by atoms with Crippen LogP contribution in [-0.4, -0.2) is 39.7 Å². The first-order chi connectivity index (χ1) is 16.4. The van der Waals surface area contributed by atoms with Gasteiger partial charge in [-0.1, -0.05) is 13.0 Å². The molecule has 3 aromatic rings. The lowest BCUT2D eigenvalue weighted by molar-refractivity contribution is -0.275. The maximum absolute atomic E-state index is 14.5. The summed E-state index contributed by atoms with van der Waals surface area (Å²) in [6.07, 6.45) is -3.39. The van der Waals surface area contributed by atoms with Crippen LogP contribution >= 0.6 is 0 Å². The van der Waals surface area contributed by atoms with Crippen LogP contribution in [0.5, 0.6) is 5.75 Å². The summed E-state index contributed by atoms with van der Waals surface area (Å²) in [4.78, 5) is 22.4. The van der Waals surface area contributed by atoms with E-state index in [-0.39, 0.29) is 17.1 Å². The molecule has 0 unspecified atom stereocenters. The van der Waals surface area contributed by atoms with Crippen LogP contribution in [-0.2, 0) is 4.74 Å². The fourth-order valence-corrected chi connectivity index (χ4v) is 4.41. The van der Waals surface area contributed by atoms with Crippen LogP contribution in [0.15, 0.2) is 36.7 Å². The van der Waals surface area contributed by atoms with E-state index in [1.807, 2.05) is 0 Å². The maximum atomic E-state index is 14.5. The van der Waals surface area contributed by atoms with Gasteiger partial charge in [0.05, 0.1) is 19.0 Å². The Bertz CT molecular complexity index is 1280. The van der Waals surface area contributed by atoms with Gasteiger partial charge in [0.25, 0.3) is 5.91 Å². The zero-order valence-electron chi connectivity index (χ0n) is 18.8. The largest absolute Gasteiger partial charge is 0.493 e. The van der Waals surface area contributed by atoms with Crippen molar-refractivity contribution in [3.8, 4) is 17.0 Å². The molecule has 1 fully saturated rings. The number of imidazole rings is 1. The van der Waals surface area contributed by atoms with Crippen molar-refractivity contribution in [1.29, 1.82) is 0 Å². The quantitative estimate of drug-likeness (QED) is 0.500. The Balaban J connectivity index is 1.83. The number of aromatic amines is 1. The lowest BCUT2D eigenvalue weighted by Crippen LogP contribution is -2.46. The van der Waals surface area contributed by atoms with Gasteiger partial charge in [0, 0.05) is 29.2 Å². The number of alkyl halides is 3. The minimum Gasteiger partial charge on any atom is -0.493 e. The van der Waals surface area contributed by atoms with Gasteiger partial charge in [0.15, 0.2) is 17.2 Å². The van der Waals surface area contributed by atoms with Crippen LogP contribution in [0, 0.1) is 17.6 Å². The standard InChI is InChI=1S/C23H21F5N4O3/c1-10-16(12-4-5-13(24)17(25)18(12)34-3)19(35-22(10,2)23(26,27)28)21-31-9-15(32-21)11-6-7-30-14(8-11)20(29)33/h4-10,16,19H,1-3H3,(H2,29,33)(H,31,32)/t10-,16-,19+,22+/m0/s1. The molecule has 3 N–H and O–H groups in total. The lowest BCUT2D eigenvalue weighted by atomic mass is 9.77. The highest BCUT2D eigenvalue weighted by molar-refractivity contribution is 5.91. The molecule has 2 aromatic heterocycles. The molecule has 4 rings (SSSR count). The number of nitrogens with zero attached hydrogens (tertiary/aromatic N) is 2. The molecule has 1 amide bonds. The van der Waals surface area contributed by atoms with Crippen molar-refractivity contribution in [3.63, 3.8) is 0 Å². The Kier molecular flexibility index (Phi) is 6.04. The van der Waals surface area contributed by atoms with Crippen molar-refractivity contribution in [1.82, 2.24) is 15.0 Å². The van der Waals surface area contributed by atoms with Gasteiger partial charge in [0.2, 0.25) is 5.82 Å². The number of aromatic nitrogens is 3. The zero-order chi connectivity index (χ0) is 25.7. The normalized spacial score (nSPS) is 24.5. The first kappa shape index (κ1) is 24.6. The number of carbonyl (C=O) groups excluding carboxylic acids is 1. The van der Waals surface area contributed by atoms with E-state index < -0.39 is 53.0 Å². The van der Waals surface area contributed by atoms with Gasteiger partial charge in [-0.3, -0.25) is 9.78 Å². The van der Waals surface area contributed by atoms with Gasteiger partial charge < -0.3 is 20.2 Å². The van der Waals surface area contributed by atoms with Gasteiger partial charge in [0.1, 0.15) is 17.6 Å². The summed E-state index contributed by atoms with van der Waals surface area (Å²) in [5.74, 6) is -6.09. The van der Waals surface area contributed by atoms with Gasteiger partial charge >= 0.3 is 6.18 Å². The third kappa shape index (κ3) is 4.01. The Labute approximate surface area is 196 Å². The number of benzene rings is 1. The second-order valence-corrected chi connectivity index (χ2v) is 8.42. The van der Waals surface area contributed by atoms with E-state index >= 15 is 0 Å². The highest BCUT2D eigenvalue weighted by Gasteiger charge is 2.65. The average molecular weight is 496 g/mol. The maximum Gasteiger partial charge on any atom is 0.417 e. The molecule has 1 aromatic carbocycles. The summed E-state index contributed by atoms with van der Waals surface area (Å²) in [6, 6.07) is 4.96. The SMILES string of the molecule is COc1c([C@H]2[C@H](c3ncc(-c4ccnc(C(N)=O)c4)[nH]3)O[C@@](C)(C(F)(F)F)[C@H]2C)ccc(F)c1F. The molecule has 1 saturated heterocycles. The molecule has 35 heavy (non-hydrogen) atoms. The number of amides is 1. The van der Waals surface area contributed by atoms with Crippen LogP contribution in [0.25, 0.3) is 11.3 Å². The minimum atomic E-state index is -4.78. The molecule has 7 nitrogen and oxygen atoms in total. The molecule has 0 saturated carbocycles. The molecule has 0 aliphatic carbocycles. The Morgan fingerprint density at radius 1 is 1.23 bits per heavy atom. The van der Waals surface area contributed by atoms with Crippen LogP contribution in [0.1, 0.15) is 47.7 Å². The molecule has 0 bridgehead atoms. The van der Waals surface area contributed by atoms with E-state index in [2.05, 4.69) is 15.0 Å². The van der Waals surface area contributed by atoms with Crippen LogP contribution in [0.4, 0.5) is 22.0 Å². The molecule has 1 aliphatic heterocycles. The van der Waals surface area contributed by atoms with Gasteiger partial charge in [-0.05, 0) is 25.1 Å². The fourth-order valence-electron chi connectivity index (χ4n) is 4.41. The van der Waals surface area contributed by atoms with Gasteiger partial charge in [-0.2, -0.15) is 17.6 Å². The van der Waals surface area contributed by atoms with Crippen LogP contribution in [0.2, 0.25) is 0 Å². The molecule has 12 heteroatoms. The van der Waals surface area contributed by atoms with Crippen LogP contribution < -0.4 is 10.5 Å². The average Bonchev–Trinajstić information content (AvgIpc) is 3.39. The van der Waals surface area contributed by atoms with Crippen molar-refractivity contribution < 1.29 is 36.2 Å². The molecule has 186 valence electrons. The number of rotatable bonds is 5. The summed E-state index contributed by atoms with van der Waals surface area (Å²) < 4.78 is 81.3. The van der Waals surface area contributed by atoms with Crippen molar-refractivity contribution in [2.75, 3.05) is 7.11 Å². The van der Waals surface area contributed by atoms with E-state index in [4.69, 9.17) is 15.2 Å². The lowest BCUT2D eigenvalue weighted by Gasteiger charge is -2.32. The number of nitrogens with two attached hydrogens (primary N) is 1. The predicted octanol–water partition coefficient (Wildman–Crippen LogP) is 4.67. The summed E-state index contributed by atoms with van der Waals surface area (Å²) in [5.41, 5.74) is 3.45. The zero-order valence-corrected chi connectivity index (χ0v) is 18.8. The second-order valence-electron chi connectivity index (χ2n) is 8.42. The highest BCUT2D eigenvalue weighted by atomic mass is 19.4. The Morgan fingerprint density at radius 3 is 2.57 bits per heavy atom. The molecule has 3 heterocycles. The number of hydrogen-bond donors (Lipinski definition) is 2. The number of ether oxygens (including phenoxy) is 2. The molecule has 4 atom stereocenters. The van der Waals surface area contributed by atoms with E-state index in [0.717, 1.165) is 20.1 Å². The number of pyridine rings is 1. The molecule has 0 radical (unpaired) electrons. The smallest absolute Gasteiger partial charge is 0.417 e. The monoisotopic (exact) mass is 496 g/mol. The van der Waals surface area contributed by atoms with Gasteiger partial charge in [-0.25, -0.2) is 9.37 Å². The third-order valence-electron chi connectivity index (χ3n) is 6.50. The van der Waals surface area contributed by atoms with E-state index in [0.29, 0.717) is 11.3 Å². The minimum absolute atomic E-state index is 0.00903. The third-order valence-corrected chi connectivity index (χ3v) is 6.50. The Hall–Kier alpha value is -3.54. The van der Waals surface area contributed by atoms with Crippen LogP contribution in [0.3, 0.4) is 0 Å². The number of methoxy groups -OCH3 is 1. The summed E-state index contributed by atoms with van der Waals surface area (Å²) >= 11 is 0. The number of carbonyl (C=O) groups is 1. The summed E-state index contributed by atoms with van der Waals surface area (Å²) in [6.45, 7) is 2.23. The molecular formula is C23H21F5N4O3. The number of nitrogens with one attached hydrogen (secondary N) is 1. The van der Waals surface area contributed by atoms with Gasteiger partial charge in [-0.15, -0.1) is 0 Å². The number of H-pyrrole nitrogens is 1. The van der Waals surface area contributed by atoms with E-state index in [1.165, 1.54) is 31.5 Å². The molecular weight excluding hydrogens is 475 g/mol. The molecule has 1 aliphatic rings. The molecule has 0 spiro atoms. The summed E-state index contributed by atoms with van der Waals surface area (Å²) in [5, 5.41) is 0. The first-order valence-electron chi connectivity index (χ1n) is 10.5. The number of halogens is 5.